The first-order chi connectivity index (χ1) is 8.87. The molecular weight excluding hydrogens is 266 g/mol. The molecule has 1 aromatic heterocycles. The fourth-order valence-electron chi connectivity index (χ4n) is 2.14. The SMILES string of the molecule is Cc1ncc(N)cc1C(=O)NCC1CCS(=O)(=O)C1. The Labute approximate surface area is 112 Å². The van der Waals surface area contributed by atoms with E-state index >= 15 is 0 Å². The maximum Gasteiger partial charge on any atom is 0.253 e. The molecule has 0 spiro atoms. The van der Waals surface area contributed by atoms with E-state index in [1.165, 1.54) is 6.20 Å². The monoisotopic (exact) mass is 283 g/mol. The molecule has 7 heteroatoms. The van der Waals surface area contributed by atoms with Crippen LogP contribution >= 0.6 is 0 Å². The number of aromatic nitrogens is 1. The van der Waals surface area contributed by atoms with E-state index in [4.69, 9.17) is 5.73 Å². The van der Waals surface area contributed by atoms with Crippen LogP contribution < -0.4 is 11.1 Å². The number of aryl methyl sites for hydroxylation is 1. The molecule has 0 aromatic carbocycles. The number of nitrogens with two attached hydrogens (primary N) is 1. The summed E-state index contributed by atoms with van der Waals surface area (Å²) in [6, 6.07) is 1.57. The number of hydrogen-bond donors (Lipinski definition) is 2. The summed E-state index contributed by atoms with van der Waals surface area (Å²) in [7, 11) is -2.91. The number of amides is 1. The zero-order valence-corrected chi connectivity index (χ0v) is 11.5. The molecule has 104 valence electrons. The largest absolute Gasteiger partial charge is 0.397 e. The molecule has 0 saturated carbocycles. The number of anilines is 1. The molecule has 2 rings (SSSR count). The van der Waals surface area contributed by atoms with Gasteiger partial charge in [-0.2, -0.15) is 0 Å². The van der Waals surface area contributed by atoms with Gasteiger partial charge in [-0.25, -0.2) is 8.42 Å². The highest BCUT2D eigenvalue weighted by atomic mass is 32.2. The Hall–Kier alpha value is -1.63. The molecule has 6 nitrogen and oxygen atoms in total. The predicted molar refractivity (Wildman–Crippen MR) is 72.5 cm³/mol. The highest BCUT2D eigenvalue weighted by Crippen LogP contribution is 2.17. The maximum atomic E-state index is 12.0. The fourth-order valence-corrected chi connectivity index (χ4v) is 4.01. The summed E-state index contributed by atoms with van der Waals surface area (Å²) < 4.78 is 22.6. The second-order valence-corrected chi connectivity index (χ2v) is 7.11. The number of rotatable bonds is 3. The van der Waals surface area contributed by atoms with Gasteiger partial charge in [0, 0.05) is 6.54 Å². The Balaban J connectivity index is 1.97. The van der Waals surface area contributed by atoms with Crippen LogP contribution in [-0.2, 0) is 9.84 Å². The summed E-state index contributed by atoms with van der Waals surface area (Å²) in [5.74, 6) is 0.110. The van der Waals surface area contributed by atoms with Crippen LogP contribution in [0.4, 0.5) is 5.69 Å². The van der Waals surface area contributed by atoms with Gasteiger partial charge >= 0.3 is 0 Å². The molecule has 19 heavy (non-hydrogen) atoms. The number of nitrogen functional groups attached to an aromatic ring is 1. The fraction of sp³-hybridized carbons (Fsp3) is 0.500. The van der Waals surface area contributed by atoms with E-state index in [1.54, 1.807) is 13.0 Å². The topological polar surface area (TPSA) is 102 Å². The van der Waals surface area contributed by atoms with Gasteiger partial charge in [-0.05, 0) is 25.3 Å². The molecule has 1 amide bonds. The molecule has 0 bridgehead atoms. The molecule has 1 atom stereocenters. The van der Waals surface area contributed by atoms with Crippen molar-refractivity contribution in [2.75, 3.05) is 23.8 Å². The van der Waals surface area contributed by atoms with E-state index in [2.05, 4.69) is 10.3 Å². The third-order valence-corrected chi connectivity index (χ3v) is 5.07. The number of nitrogens with zero attached hydrogens (tertiary/aromatic N) is 1. The molecule has 2 heterocycles. The second kappa shape index (κ2) is 5.16. The molecule has 1 aliphatic rings. The number of hydrogen-bond acceptors (Lipinski definition) is 5. The van der Waals surface area contributed by atoms with Gasteiger partial charge in [0.2, 0.25) is 0 Å². The third kappa shape index (κ3) is 3.44. The van der Waals surface area contributed by atoms with Crippen molar-refractivity contribution in [1.29, 1.82) is 0 Å². The second-order valence-electron chi connectivity index (χ2n) is 4.88. The predicted octanol–water partition coefficient (Wildman–Crippen LogP) is 0.137. The van der Waals surface area contributed by atoms with E-state index in [1.807, 2.05) is 0 Å². The van der Waals surface area contributed by atoms with Gasteiger partial charge in [-0.15, -0.1) is 0 Å². The smallest absolute Gasteiger partial charge is 0.253 e. The molecule has 1 aromatic rings. The van der Waals surface area contributed by atoms with Crippen LogP contribution in [0.15, 0.2) is 12.3 Å². The minimum atomic E-state index is -2.91. The Kier molecular flexibility index (Phi) is 3.75. The molecule has 0 aliphatic carbocycles. The summed E-state index contributed by atoms with van der Waals surface area (Å²) in [5.41, 5.74) is 7.06. The van der Waals surface area contributed by atoms with Crippen LogP contribution in [0.1, 0.15) is 22.5 Å². The lowest BCUT2D eigenvalue weighted by atomic mass is 10.1. The molecule has 1 unspecified atom stereocenters. The van der Waals surface area contributed by atoms with Crippen molar-refractivity contribution in [3.8, 4) is 0 Å². The summed E-state index contributed by atoms with van der Waals surface area (Å²) in [5, 5.41) is 2.75. The molecular formula is C12H17N3O3S. The summed E-state index contributed by atoms with van der Waals surface area (Å²) >= 11 is 0. The average Bonchev–Trinajstić information content (AvgIpc) is 2.69. The first kappa shape index (κ1) is 13.8. The van der Waals surface area contributed by atoms with E-state index < -0.39 is 9.84 Å². The zero-order chi connectivity index (χ0) is 14.0. The number of carbonyl (C=O) groups excluding carboxylic acids is 1. The van der Waals surface area contributed by atoms with Crippen molar-refractivity contribution in [2.24, 2.45) is 5.92 Å². The number of nitrogens with one attached hydrogen (secondary N) is 1. The normalized spacial score (nSPS) is 21.2. The maximum absolute atomic E-state index is 12.0. The molecule has 1 fully saturated rings. The summed E-state index contributed by atoms with van der Waals surface area (Å²) in [4.78, 5) is 16.0. The van der Waals surface area contributed by atoms with Crippen molar-refractivity contribution >= 4 is 21.4 Å². The quantitative estimate of drug-likeness (QED) is 0.821. The van der Waals surface area contributed by atoms with Crippen molar-refractivity contribution < 1.29 is 13.2 Å². The van der Waals surface area contributed by atoms with Gasteiger partial charge in [-0.3, -0.25) is 9.78 Å². The van der Waals surface area contributed by atoms with Gasteiger partial charge in [0.05, 0.1) is 34.6 Å². The van der Waals surface area contributed by atoms with Gasteiger partial charge < -0.3 is 11.1 Å². The van der Waals surface area contributed by atoms with E-state index in [-0.39, 0.29) is 23.3 Å². The number of pyridine rings is 1. The number of carbonyl (C=O) groups is 1. The van der Waals surface area contributed by atoms with Gasteiger partial charge in [-0.1, -0.05) is 0 Å². The minimum Gasteiger partial charge on any atom is -0.397 e. The Morgan fingerprint density at radius 2 is 2.32 bits per heavy atom. The summed E-state index contributed by atoms with van der Waals surface area (Å²) in [6.07, 6.45) is 2.10. The third-order valence-electron chi connectivity index (χ3n) is 3.23. The van der Waals surface area contributed by atoms with Gasteiger partial charge in [0.1, 0.15) is 0 Å². The Morgan fingerprint density at radius 3 is 2.95 bits per heavy atom. The zero-order valence-electron chi connectivity index (χ0n) is 10.7. The number of sulfone groups is 1. The first-order valence-electron chi connectivity index (χ1n) is 6.08. The standard InChI is InChI=1S/C12H17N3O3S/c1-8-11(4-10(13)6-14-8)12(16)15-5-9-2-3-19(17,18)7-9/h4,6,9H,2-3,5,7,13H2,1H3,(H,15,16). The highest BCUT2D eigenvalue weighted by molar-refractivity contribution is 7.91. The lowest BCUT2D eigenvalue weighted by Gasteiger charge is -2.11. The van der Waals surface area contributed by atoms with Crippen LogP contribution in [0, 0.1) is 12.8 Å². The van der Waals surface area contributed by atoms with Crippen molar-refractivity contribution in [2.45, 2.75) is 13.3 Å². The van der Waals surface area contributed by atoms with Crippen molar-refractivity contribution in [3.63, 3.8) is 0 Å². The molecule has 1 saturated heterocycles. The highest BCUT2D eigenvalue weighted by Gasteiger charge is 2.28. The van der Waals surface area contributed by atoms with Crippen LogP contribution in [0.5, 0.6) is 0 Å². The average molecular weight is 283 g/mol. The van der Waals surface area contributed by atoms with Crippen molar-refractivity contribution in [1.82, 2.24) is 10.3 Å². The van der Waals surface area contributed by atoms with E-state index in [0.717, 1.165) is 0 Å². The molecule has 3 N–H and O–H groups in total. The molecule has 0 radical (unpaired) electrons. The van der Waals surface area contributed by atoms with Crippen LogP contribution in [0.3, 0.4) is 0 Å². The van der Waals surface area contributed by atoms with Gasteiger partial charge in [0.25, 0.3) is 5.91 Å². The van der Waals surface area contributed by atoms with Crippen LogP contribution in [0.2, 0.25) is 0 Å². The first-order valence-corrected chi connectivity index (χ1v) is 7.90. The van der Waals surface area contributed by atoms with E-state index in [9.17, 15) is 13.2 Å². The van der Waals surface area contributed by atoms with Crippen LogP contribution in [-0.4, -0.2) is 37.4 Å². The lowest BCUT2D eigenvalue weighted by Crippen LogP contribution is -2.30. The minimum absolute atomic E-state index is 0.00303. The lowest BCUT2D eigenvalue weighted by molar-refractivity contribution is 0.0947. The van der Waals surface area contributed by atoms with E-state index in [0.29, 0.717) is 29.9 Å². The van der Waals surface area contributed by atoms with Gasteiger partial charge in [0.15, 0.2) is 9.84 Å². The Morgan fingerprint density at radius 1 is 1.58 bits per heavy atom. The Bertz CT molecular complexity index is 598. The summed E-state index contributed by atoms with van der Waals surface area (Å²) in [6.45, 7) is 2.10. The van der Waals surface area contributed by atoms with Crippen LogP contribution in [0.25, 0.3) is 0 Å². The van der Waals surface area contributed by atoms with Crippen molar-refractivity contribution in [3.05, 3.63) is 23.5 Å². The molecule has 1 aliphatic heterocycles.